The van der Waals surface area contributed by atoms with Crippen LogP contribution in [0.5, 0.6) is 17.2 Å². The van der Waals surface area contributed by atoms with Crippen LogP contribution in [-0.2, 0) is 0 Å². The van der Waals surface area contributed by atoms with Crippen LogP contribution in [0.25, 0.3) is 0 Å². The smallest absolute Gasteiger partial charge is 0.203 e. The maximum absolute atomic E-state index is 5.24. The fourth-order valence-electron chi connectivity index (χ4n) is 1.24. The lowest BCUT2D eigenvalue weighted by Gasteiger charge is -2.13. The van der Waals surface area contributed by atoms with Gasteiger partial charge >= 0.3 is 0 Å². The summed E-state index contributed by atoms with van der Waals surface area (Å²) in [7, 11) is 6.22. The monoisotopic (exact) mass is 370 g/mol. The van der Waals surface area contributed by atoms with E-state index in [1.165, 1.54) is 8.93 Å². The summed E-state index contributed by atoms with van der Waals surface area (Å²) >= 11 is 7.36. The number of benzene rings is 1. The zero-order valence-corrected chi connectivity index (χ0v) is 12.9. The minimum Gasteiger partial charge on any atom is -0.493 e. The largest absolute Gasteiger partial charge is 0.493 e. The Morgan fingerprint density at radius 3 is 1.94 bits per heavy atom. The Hall–Kier alpha value is -0.210. The van der Waals surface area contributed by atoms with Gasteiger partial charge < -0.3 is 14.2 Å². The van der Waals surface area contributed by atoms with E-state index in [0.717, 1.165) is 9.76 Å². The summed E-state index contributed by atoms with van der Waals surface area (Å²) in [5, 5.41) is 0. The molecular formula is C10H11IO3S2. The highest BCUT2D eigenvalue weighted by Gasteiger charge is 2.14. The van der Waals surface area contributed by atoms with Crippen molar-refractivity contribution in [2.45, 2.75) is 0 Å². The molecule has 0 aliphatic heterocycles. The van der Waals surface area contributed by atoms with E-state index >= 15 is 0 Å². The summed E-state index contributed by atoms with van der Waals surface area (Å²) in [5.74, 6) is 1.81. The molecule has 0 amide bonds. The Kier molecular flexibility index (Phi) is 5.63. The average molecular weight is 370 g/mol. The van der Waals surface area contributed by atoms with Gasteiger partial charge in [-0.15, -0.1) is 0 Å². The molecule has 0 heterocycles. The molecule has 0 spiro atoms. The topological polar surface area (TPSA) is 27.7 Å². The first-order chi connectivity index (χ1) is 7.67. The van der Waals surface area contributed by atoms with Crippen molar-refractivity contribution in [1.29, 1.82) is 0 Å². The van der Waals surface area contributed by atoms with Gasteiger partial charge in [-0.2, -0.15) is 0 Å². The zero-order valence-electron chi connectivity index (χ0n) is 9.07. The van der Waals surface area contributed by atoms with Crippen molar-refractivity contribution in [2.75, 3.05) is 21.3 Å². The Labute approximate surface area is 116 Å². The molecule has 0 saturated heterocycles. The first-order valence-electron chi connectivity index (χ1n) is 4.30. The second-order valence-electron chi connectivity index (χ2n) is 2.78. The number of rotatable bonds is 4. The van der Waals surface area contributed by atoms with Gasteiger partial charge in [0.2, 0.25) is 5.75 Å². The van der Waals surface area contributed by atoms with E-state index in [0.29, 0.717) is 17.2 Å². The lowest BCUT2D eigenvalue weighted by atomic mass is 10.2. The fraction of sp³-hybridized carbons (Fsp3) is 0.300. The number of halogens is 1. The van der Waals surface area contributed by atoms with Crippen molar-refractivity contribution in [1.82, 2.24) is 0 Å². The van der Waals surface area contributed by atoms with Crippen LogP contribution in [0, 0.1) is 0 Å². The standard InChI is InChI=1S/C10H11IO3S2/c1-12-7-4-6(10(15)16-11)5-8(13-2)9(7)14-3/h4-5H,1-3H3. The van der Waals surface area contributed by atoms with E-state index in [1.54, 1.807) is 21.3 Å². The molecule has 16 heavy (non-hydrogen) atoms. The Morgan fingerprint density at radius 2 is 1.62 bits per heavy atom. The van der Waals surface area contributed by atoms with E-state index in [9.17, 15) is 0 Å². The molecule has 0 aliphatic carbocycles. The minimum atomic E-state index is 0.579. The maximum atomic E-state index is 5.24. The van der Waals surface area contributed by atoms with Crippen LogP contribution in [0.4, 0.5) is 0 Å². The van der Waals surface area contributed by atoms with E-state index in [4.69, 9.17) is 26.4 Å². The lowest BCUT2D eigenvalue weighted by molar-refractivity contribution is 0.324. The van der Waals surface area contributed by atoms with Crippen LogP contribution in [-0.4, -0.2) is 25.5 Å². The molecule has 0 fully saturated rings. The van der Waals surface area contributed by atoms with Crippen molar-refractivity contribution in [2.24, 2.45) is 0 Å². The van der Waals surface area contributed by atoms with Crippen molar-refractivity contribution in [3.05, 3.63) is 17.7 Å². The van der Waals surface area contributed by atoms with Crippen LogP contribution in [0.15, 0.2) is 12.1 Å². The summed E-state index contributed by atoms with van der Waals surface area (Å²) in [6.07, 6.45) is 0. The molecule has 0 radical (unpaired) electrons. The number of ether oxygens (including phenoxy) is 3. The van der Waals surface area contributed by atoms with Crippen LogP contribution in [0.1, 0.15) is 5.56 Å². The molecule has 1 aromatic carbocycles. The van der Waals surface area contributed by atoms with Crippen molar-refractivity contribution in [3.8, 4) is 17.2 Å². The number of hydrogen-bond donors (Lipinski definition) is 0. The van der Waals surface area contributed by atoms with Crippen molar-refractivity contribution >= 4 is 46.6 Å². The quantitative estimate of drug-likeness (QED) is 0.598. The van der Waals surface area contributed by atoms with Gasteiger partial charge in [-0.25, -0.2) is 0 Å². The molecule has 0 atom stereocenters. The third-order valence-electron chi connectivity index (χ3n) is 1.97. The molecule has 6 heteroatoms. The van der Waals surface area contributed by atoms with E-state index in [1.807, 2.05) is 12.1 Å². The predicted molar refractivity (Wildman–Crippen MR) is 79.4 cm³/mol. The SMILES string of the molecule is COc1cc(C(=S)SI)cc(OC)c1OC. The summed E-state index contributed by atoms with van der Waals surface area (Å²) < 4.78 is 16.5. The Bertz CT molecular complexity index is 371. The average Bonchev–Trinajstić information content (AvgIpc) is 2.35. The van der Waals surface area contributed by atoms with Gasteiger partial charge in [0.1, 0.15) is 0 Å². The molecule has 0 unspecified atom stereocenters. The molecule has 0 N–H and O–H groups in total. The molecular weight excluding hydrogens is 359 g/mol. The molecule has 0 aromatic heterocycles. The summed E-state index contributed by atoms with van der Waals surface area (Å²) in [6.45, 7) is 0. The van der Waals surface area contributed by atoms with Crippen molar-refractivity contribution < 1.29 is 14.2 Å². The second-order valence-corrected chi connectivity index (χ2v) is 5.33. The molecule has 0 bridgehead atoms. The highest BCUT2D eigenvalue weighted by Crippen LogP contribution is 2.39. The van der Waals surface area contributed by atoms with Crippen LogP contribution in [0.2, 0.25) is 0 Å². The normalized spacial score (nSPS) is 9.75. The molecule has 1 aromatic rings. The zero-order chi connectivity index (χ0) is 12.1. The number of thiocarbonyl (C=S) groups is 1. The first kappa shape index (κ1) is 13.9. The number of hydrogen-bond acceptors (Lipinski definition) is 5. The summed E-state index contributed by atoms with van der Waals surface area (Å²) in [5.41, 5.74) is 0.893. The second kappa shape index (κ2) is 6.51. The predicted octanol–water partition coefficient (Wildman–Crippen LogP) is 3.47. The summed E-state index contributed by atoms with van der Waals surface area (Å²) in [6, 6.07) is 3.69. The third kappa shape index (κ3) is 2.92. The molecule has 0 saturated carbocycles. The van der Waals surface area contributed by atoms with Gasteiger partial charge in [-0.3, -0.25) is 0 Å². The van der Waals surface area contributed by atoms with Gasteiger partial charge in [0.25, 0.3) is 0 Å². The van der Waals surface area contributed by atoms with Gasteiger partial charge in [0.05, 0.1) is 25.5 Å². The molecule has 88 valence electrons. The highest BCUT2D eigenvalue weighted by molar-refractivity contribution is 14.2. The van der Waals surface area contributed by atoms with Gasteiger partial charge in [-0.1, -0.05) is 12.2 Å². The third-order valence-corrected chi connectivity index (χ3v) is 5.05. The molecule has 0 aliphatic rings. The molecule has 3 nitrogen and oxygen atoms in total. The van der Waals surface area contributed by atoms with E-state index in [-0.39, 0.29) is 0 Å². The van der Waals surface area contributed by atoms with Gasteiger partial charge in [-0.05, 0) is 21.1 Å². The van der Waals surface area contributed by atoms with E-state index < -0.39 is 0 Å². The maximum Gasteiger partial charge on any atom is 0.203 e. The highest BCUT2D eigenvalue weighted by atomic mass is 127. The summed E-state index contributed by atoms with van der Waals surface area (Å²) in [4.78, 5) is 0. The Morgan fingerprint density at radius 1 is 1.12 bits per heavy atom. The van der Waals surface area contributed by atoms with Crippen LogP contribution >= 0.6 is 42.4 Å². The fourth-order valence-corrected chi connectivity index (χ4v) is 2.33. The molecule has 1 rings (SSSR count). The van der Waals surface area contributed by atoms with Crippen molar-refractivity contribution in [3.63, 3.8) is 0 Å². The first-order valence-corrected chi connectivity index (χ1v) is 8.07. The lowest BCUT2D eigenvalue weighted by Crippen LogP contribution is -1.98. The van der Waals surface area contributed by atoms with Crippen LogP contribution < -0.4 is 14.2 Å². The minimum absolute atomic E-state index is 0.579. The van der Waals surface area contributed by atoms with Crippen LogP contribution in [0.3, 0.4) is 0 Å². The van der Waals surface area contributed by atoms with Gasteiger partial charge in [0, 0.05) is 26.8 Å². The van der Waals surface area contributed by atoms with Gasteiger partial charge in [0.15, 0.2) is 11.5 Å². The Balaban J connectivity index is 3.31. The number of methoxy groups -OCH3 is 3. The van der Waals surface area contributed by atoms with E-state index in [2.05, 4.69) is 21.2 Å².